The molecule has 30 heavy (non-hydrogen) atoms. The molecule has 0 aliphatic rings. The first-order chi connectivity index (χ1) is 14.7. The average molecular weight is 412 g/mol. The van der Waals surface area contributed by atoms with Crippen molar-refractivity contribution in [2.75, 3.05) is 0 Å². The number of nitrogens with zero attached hydrogens (tertiary/aromatic N) is 2. The number of nitrogens with one attached hydrogen (secondary N) is 1. The van der Waals surface area contributed by atoms with Crippen molar-refractivity contribution in [2.24, 2.45) is 0 Å². The Kier molecular flexibility index (Phi) is 5.03. The van der Waals surface area contributed by atoms with Crippen LogP contribution in [-0.4, -0.2) is 20.1 Å². The van der Waals surface area contributed by atoms with Gasteiger partial charge in [0.2, 0.25) is 0 Å². The molecule has 0 radical (unpaired) electrons. The van der Waals surface area contributed by atoms with Gasteiger partial charge < -0.3 is 10.1 Å². The number of H-pyrrole nitrogens is 1. The van der Waals surface area contributed by atoms with Crippen molar-refractivity contribution in [1.29, 1.82) is 0 Å². The van der Waals surface area contributed by atoms with Crippen molar-refractivity contribution in [3.05, 3.63) is 99.9 Å². The van der Waals surface area contributed by atoms with Crippen LogP contribution in [0.1, 0.15) is 21.7 Å². The molecule has 5 aromatic rings. The number of rotatable bonds is 6. The highest BCUT2D eigenvalue weighted by atomic mass is 32.1. The Labute approximate surface area is 178 Å². The Bertz CT molecular complexity index is 1260. The molecule has 0 spiro atoms. The van der Waals surface area contributed by atoms with E-state index in [1.807, 2.05) is 47.8 Å². The van der Waals surface area contributed by atoms with Crippen LogP contribution in [0.15, 0.2) is 78.2 Å². The zero-order valence-electron chi connectivity index (χ0n) is 16.4. The fourth-order valence-corrected chi connectivity index (χ4v) is 4.48. The summed E-state index contributed by atoms with van der Waals surface area (Å²) in [5.74, 6) is 1.08. The van der Waals surface area contributed by atoms with Gasteiger partial charge in [-0.05, 0) is 53.8 Å². The lowest BCUT2D eigenvalue weighted by Gasteiger charge is -2.09. The minimum absolute atomic E-state index is 0.294. The van der Waals surface area contributed by atoms with E-state index >= 15 is 0 Å². The van der Waals surface area contributed by atoms with Crippen LogP contribution in [0, 0.1) is 0 Å². The van der Waals surface area contributed by atoms with Gasteiger partial charge in [-0.15, -0.1) is 11.3 Å². The highest BCUT2D eigenvalue weighted by Crippen LogP contribution is 2.26. The number of para-hydroxylation sites is 2. The van der Waals surface area contributed by atoms with Crippen LogP contribution in [0.25, 0.3) is 22.6 Å². The topological polar surface area (TPSA) is 61.8 Å². The maximum Gasteiger partial charge on any atom is 0.158 e. The summed E-state index contributed by atoms with van der Waals surface area (Å²) in [6, 6.07) is 24.1. The van der Waals surface area contributed by atoms with Crippen molar-refractivity contribution in [3.8, 4) is 17.3 Å². The highest BCUT2D eigenvalue weighted by Gasteiger charge is 2.12. The smallest absolute Gasteiger partial charge is 0.158 e. The maximum atomic E-state index is 10.0. The summed E-state index contributed by atoms with van der Waals surface area (Å²) in [5, 5.41) is 13.1. The fraction of sp³-hybridized carbons (Fsp3) is 0.120. The molecule has 3 aromatic carbocycles. The zero-order valence-corrected chi connectivity index (χ0v) is 17.2. The molecule has 0 atom stereocenters. The second-order valence-corrected chi connectivity index (χ2v) is 8.29. The van der Waals surface area contributed by atoms with Crippen molar-refractivity contribution >= 4 is 22.4 Å². The first kappa shape index (κ1) is 18.6. The number of aryl methyl sites for hydroxylation is 2. The van der Waals surface area contributed by atoms with Crippen LogP contribution in [0.5, 0.6) is 5.75 Å². The minimum atomic E-state index is 0.294. The lowest BCUT2D eigenvalue weighted by molar-refractivity contribution is 0.474. The summed E-state index contributed by atoms with van der Waals surface area (Å²) in [6.07, 6.45) is 2.60. The summed E-state index contributed by atoms with van der Waals surface area (Å²) < 4.78 is 0. The van der Waals surface area contributed by atoms with E-state index < -0.39 is 0 Å². The summed E-state index contributed by atoms with van der Waals surface area (Å²) in [6.45, 7) is 0. The van der Waals surface area contributed by atoms with Gasteiger partial charge in [0.1, 0.15) is 11.4 Å². The number of imidazole rings is 1. The van der Waals surface area contributed by atoms with Crippen LogP contribution < -0.4 is 0 Å². The van der Waals surface area contributed by atoms with E-state index in [1.165, 1.54) is 11.1 Å². The number of phenolic OH excluding ortho intramolecular Hbond substituents is 1. The molecule has 5 rings (SSSR count). The lowest BCUT2D eigenvalue weighted by Crippen LogP contribution is -1.98. The molecule has 0 fully saturated rings. The van der Waals surface area contributed by atoms with E-state index in [0.29, 0.717) is 12.2 Å². The minimum Gasteiger partial charge on any atom is -0.508 e. The zero-order chi connectivity index (χ0) is 20.3. The third-order valence-electron chi connectivity index (χ3n) is 5.24. The van der Waals surface area contributed by atoms with E-state index in [2.05, 4.69) is 34.2 Å². The molecule has 2 heterocycles. The Morgan fingerprint density at radius 3 is 2.53 bits per heavy atom. The van der Waals surface area contributed by atoms with Crippen LogP contribution >= 0.6 is 11.3 Å². The van der Waals surface area contributed by atoms with Gasteiger partial charge in [-0.2, -0.15) is 0 Å². The summed E-state index contributed by atoms with van der Waals surface area (Å²) in [7, 11) is 0. The predicted octanol–water partition coefficient (Wildman–Crippen LogP) is 5.77. The summed E-state index contributed by atoms with van der Waals surface area (Å²) in [5.41, 5.74) is 6.50. The molecule has 148 valence electrons. The Balaban J connectivity index is 1.37. The van der Waals surface area contributed by atoms with Gasteiger partial charge in [-0.1, -0.05) is 48.5 Å². The molecule has 0 unspecified atom stereocenters. The van der Waals surface area contributed by atoms with E-state index in [9.17, 15) is 5.11 Å². The number of benzene rings is 3. The van der Waals surface area contributed by atoms with Gasteiger partial charge in [0.05, 0.1) is 16.0 Å². The summed E-state index contributed by atoms with van der Waals surface area (Å²) in [4.78, 5) is 12.8. The number of aromatic hydroxyl groups is 1. The molecule has 0 aliphatic heterocycles. The molecular formula is C25H21N3OS. The number of thiazole rings is 1. The number of aromatic amines is 1. The molecule has 0 saturated heterocycles. The molecular weight excluding hydrogens is 390 g/mol. The van der Waals surface area contributed by atoms with E-state index in [0.717, 1.165) is 46.0 Å². The van der Waals surface area contributed by atoms with Crippen molar-refractivity contribution in [1.82, 2.24) is 15.0 Å². The normalized spacial score (nSPS) is 11.2. The van der Waals surface area contributed by atoms with E-state index in [-0.39, 0.29) is 0 Å². The Hall–Kier alpha value is -3.44. The van der Waals surface area contributed by atoms with Gasteiger partial charge in [-0.3, -0.25) is 0 Å². The molecule has 0 aliphatic carbocycles. The average Bonchev–Trinajstić information content (AvgIpc) is 3.41. The second-order valence-electron chi connectivity index (χ2n) is 7.34. The molecule has 5 heteroatoms. The quantitative estimate of drug-likeness (QED) is 0.373. The van der Waals surface area contributed by atoms with E-state index in [4.69, 9.17) is 4.98 Å². The van der Waals surface area contributed by atoms with Gasteiger partial charge >= 0.3 is 0 Å². The second kappa shape index (κ2) is 8.13. The van der Waals surface area contributed by atoms with Crippen LogP contribution in [-0.2, 0) is 19.3 Å². The van der Waals surface area contributed by atoms with Gasteiger partial charge in [0.25, 0.3) is 0 Å². The summed E-state index contributed by atoms with van der Waals surface area (Å²) >= 11 is 1.63. The SMILES string of the molecule is Oc1ccc(CCc2ccccc2)c(Cc2nc(-c3nc4ccccc4[nH]3)cs2)c1. The Morgan fingerprint density at radius 1 is 0.833 bits per heavy atom. The van der Waals surface area contributed by atoms with Gasteiger partial charge in [0, 0.05) is 11.8 Å². The molecule has 0 saturated carbocycles. The van der Waals surface area contributed by atoms with Crippen LogP contribution in [0.3, 0.4) is 0 Å². The van der Waals surface area contributed by atoms with E-state index in [1.54, 1.807) is 17.4 Å². The monoisotopic (exact) mass is 411 g/mol. The van der Waals surface area contributed by atoms with Crippen molar-refractivity contribution < 1.29 is 5.11 Å². The molecule has 0 amide bonds. The van der Waals surface area contributed by atoms with Crippen LogP contribution in [0.2, 0.25) is 0 Å². The Morgan fingerprint density at radius 2 is 1.67 bits per heavy atom. The predicted molar refractivity (Wildman–Crippen MR) is 122 cm³/mol. The standard InChI is InChI=1S/C25H21N3OS/c29-20-13-12-18(11-10-17-6-2-1-3-7-17)19(14-20)15-24-26-23(16-30-24)25-27-21-8-4-5-9-22(21)28-25/h1-9,12-14,16,29H,10-11,15H2,(H,27,28). The molecule has 2 N–H and O–H groups in total. The number of fused-ring (bicyclic) bond motifs is 1. The molecule has 4 nitrogen and oxygen atoms in total. The number of phenols is 1. The third-order valence-corrected chi connectivity index (χ3v) is 6.09. The number of hydrogen-bond acceptors (Lipinski definition) is 4. The van der Waals surface area contributed by atoms with Crippen molar-refractivity contribution in [3.63, 3.8) is 0 Å². The maximum absolute atomic E-state index is 10.0. The first-order valence-electron chi connectivity index (χ1n) is 9.99. The highest BCUT2D eigenvalue weighted by molar-refractivity contribution is 7.10. The van der Waals surface area contributed by atoms with Gasteiger partial charge in [-0.25, -0.2) is 9.97 Å². The number of hydrogen-bond donors (Lipinski definition) is 2. The molecule has 0 bridgehead atoms. The fourth-order valence-electron chi connectivity index (χ4n) is 3.68. The van der Waals surface area contributed by atoms with Gasteiger partial charge in [0.15, 0.2) is 5.82 Å². The van der Waals surface area contributed by atoms with Crippen molar-refractivity contribution in [2.45, 2.75) is 19.3 Å². The number of aromatic nitrogens is 3. The van der Waals surface area contributed by atoms with Crippen LogP contribution in [0.4, 0.5) is 0 Å². The molecule has 2 aromatic heterocycles. The lowest BCUT2D eigenvalue weighted by atomic mass is 9.98. The first-order valence-corrected chi connectivity index (χ1v) is 10.9. The third kappa shape index (κ3) is 3.98. The largest absolute Gasteiger partial charge is 0.508 e.